The number of aromatic nitrogens is 2. The van der Waals surface area contributed by atoms with E-state index < -0.39 is 5.82 Å². The number of benzene rings is 1. The predicted octanol–water partition coefficient (Wildman–Crippen LogP) is 2.82. The first-order valence-electron chi connectivity index (χ1n) is 7.21. The van der Waals surface area contributed by atoms with Gasteiger partial charge in [0.2, 0.25) is 17.7 Å². The standard InChI is InChI=1S/C15H17FN4O2/c1-9(15-19-18-10(2)22-15)17-11-5-6-12(16)13(8-11)20-7-3-4-14(20)21/h5-6,8-9,17H,3-4,7H2,1-2H3/t9-/m0/s1. The number of aryl methyl sites for hydroxylation is 1. The van der Waals surface area contributed by atoms with E-state index in [1.165, 1.54) is 11.0 Å². The maximum atomic E-state index is 14.0. The van der Waals surface area contributed by atoms with E-state index in [2.05, 4.69) is 15.5 Å². The molecule has 0 saturated carbocycles. The van der Waals surface area contributed by atoms with Gasteiger partial charge in [0.15, 0.2) is 0 Å². The number of amides is 1. The minimum absolute atomic E-state index is 0.0448. The molecule has 0 unspecified atom stereocenters. The Balaban J connectivity index is 1.81. The number of hydrogen-bond acceptors (Lipinski definition) is 5. The van der Waals surface area contributed by atoms with E-state index in [-0.39, 0.29) is 11.9 Å². The number of nitrogens with one attached hydrogen (secondary N) is 1. The lowest BCUT2D eigenvalue weighted by Gasteiger charge is -2.19. The molecule has 7 heteroatoms. The minimum atomic E-state index is -0.401. The van der Waals surface area contributed by atoms with E-state index in [9.17, 15) is 9.18 Å². The summed E-state index contributed by atoms with van der Waals surface area (Å²) in [6.45, 7) is 4.15. The van der Waals surface area contributed by atoms with Gasteiger partial charge in [0.1, 0.15) is 11.9 Å². The highest BCUT2D eigenvalue weighted by Gasteiger charge is 2.24. The van der Waals surface area contributed by atoms with Gasteiger partial charge in [0, 0.05) is 25.6 Å². The van der Waals surface area contributed by atoms with E-state index in [1.54, 1.807) is 19.1 Å². The predicted molar refractivity (Wildman–Crippen MR) is 79.1 cm³/mol. The summed E-state index contributed by atoms with van der Waals surface area (Å²) in [7, 11) is 0. The minimum Gasteiger partial charge on any atom is -0.423 e. The van der Waals surface area contributed by atoms with Crippen LogP contribution in [0.25, 0.3) is 0 Å². The fourth-order valence-corrected chi connectivity index (χ4v) is 2.51. The summed E-state index contributed by atoms with van der Waals surface area (Å²) in [4.78, 5) is 13.3. The Morgan fingerprint density at radius 3 is 2.86 bits per heavy atom. The van der Waals surface area contributed by atoms with Gasteiger partial charge in [-0.15, -0.1) is 10.2 Å². The average Bonchev–Trinajstić information content (AvgIpc) is 3.10. The molecule has 2 aromatic rings. The van der Waals surface area contributed by atoms with E-state index >= 15 is 0 Å². The lowest BCUT2D eigenvalue weighted by Crippen LogP contribution is -2.24. The van der Waals surface area contributed by atoms with E-state index in [4.69, 9.17) is 4.42 Å². The molecule has 1 aromatic heterocycles. The van der Waals surface area contributed by atoms with Crippen molar-refractivity contribution in [2.24, 2.45) is 0 Å². The van der Waals surface area contributed by atoms with Crippen LogP contribution >= 0.6 is 0 Å². The maximum Gasteiger partial charge on any atom is 0.238 e. The highest BCUT2D eigenvalue weighted by atomic mass is 19.1. The summed E-state index contributed by atoms with van der Waals surface area (Å²) in [6, 6.07) is 4.40. The Morgan fingerprint density at radius 2 is 2.23 bits per heavy atom. The molecule has 0 aliphatic carbocycles. The van der Waals surface area contributed by atoms with Gasteiger partial charge in [-0.3, -0.25) is 4.79 Å². The lowest BCUT2D eigenvalue weighted by atomic mass is 10.2. The molecule has 1 aliphatic rings. The van der Waals surface area contributed by atoms with Crippen molar-refractivity contribution in [3.63, 3.8) is 0 Å². The quantitative estimate of drug-likeness (QED) is 0.940. The number of nitrogens with zero attached hydrogens (tertiary/aromatic N) is 3. The molecule has 2 heterocycles. The molecule has 22 heavy (non-hydrogen) atoms. The van der Waals surface area contributed by atoms with Crippen molar-refractivity contribution < 1.29 is 13.6 Å². The topological polar surface area (TPSA) is 71.3 Å². The first-order chi connectivity index (χ1) is 10.5. The molecule has 0 bridgehead atoms. The van der Waals surface area contributed by atoms with Gasteiger partial charge in [0.05, 0.1) is 5.69 Å². The fourth-order valence-electron chi connectivity index (χ4n) is 2.51. The Kier molecular flexibility index (Phi) is 3.79. The molecule has 1 atom stereocenters. The van der Waals surface area contributed by atoms with Crippen LogP contribution in [0, 0.1) is 12.7 Å². The van der Waals surface area contributed by atoms with Gasteiger partial charge in [0.25, 0.3) is 0 Å². The molecule has 0 radical (unpaired) electrons. The maximum absolute atomic E-state index is 14.0. The van der Waals surface area contributed by atoms with Crippen molar-refractivity contribution in [3.05, 3.63) is 35.8 Å². The van der Waals surface area contributed by atoms with E-state index in [0.29, 0.717) is 36.1 Å². The smallest absolute Gasteiger partial charge is 0.238 e. The Hall–Kier alpha value is -2.44. The van der Waals surface area contributed by atoms with Gasteiger partial charge < -0.3 is 14.6 Å². The van der Waals surface area contributed by atoms with Crippen LogP contribution < -0.4 is 10.2 Å². The highest BCUT2D eigenvalue weighted by Crippen LogP contribution is 2.29. The van der Waals surface area contributed by atoms with Crippen molar-refractivity contribution in [3.8, 4) is 0 Å². The number of halogens is 1. The zero-order valence-corrected chi connectivity index (χ0v) is 12.5. The van der Waals surface area contributed by atoms with Gasteiger partial charge in [-0.1, -0.05) is 0 Å². The molecule has 1 aromatic carbocycles. The van der Waals surface area contributed by atoms with Crippen molar-refractivity contribution in [1.82, 2.24) is 10.2 Å². The number of carbonyl (C=O) groups excluding carboxylic acids is 1. The largest absolute Gasteiger partial charge is 0.423 e. The zero-order valence-electron chi connectivity index (χ0n) is 12.5. The summed E-state index contributed by atoms with van der Waals surface area (Å²) in [5, 5.41) is 10.9. The van der Waals surface area contributed by atoms with Gasteiger partial charge in [-0.05, 0) is 31.5 Å². The number of rotatable bonds is 4. The number of carbonyl (C=O) groups is 1. The molecular formula is C15H17FN4O2. The third kappa shape index (κ3) is 2.79. The van der Waals surface area contributed by atoms with E-state index in [1.807, 2.05) is 6.92 Å². The SMILES string of the molecule is Cc1nnc([C@H](C)Nc2ccc(F)c(N3CCCC3=O)c2)o1. The van der Waals surface area contributed by atoms with Crippen molar-refractivity contribution in [2.45, 2.75) is 32.7 Å². The normalized spacial score (nSPS) is 16.1. The molecule has 3 rings (SSSR count). The molecular weight excluding hydrogens is 287 g/mol. The van der Waals surface area contributed by atoms with E-state index in [0.717, 1.165) is 6.42 Å². The van der Waals surface area contributed by atoms with Crippen molar-refractivity contribution in [1.29, 1.82) is 0 Å². The van der Waals surface area contributed by atoms with Crippen LogP contribution in [0.4, 0.5) is 15.8 Å². The highest BCUT2D eigenvalue weighted by molar-refractivity contribution is 5.95. The second-order valence-corrected chi connectivity index (χ2v) is 5.34. The second-order valence-electron chi connectivity index (χ2n) is 5.34. The first kappa shape index (κ1) is 14.5. The molecule has 116 valence electrons. The molecule has 6 nitrogen and oxygen atoms in total. The summed E-state index contributed by atoms with van der Waals surface area (Å²) >= 11 is 0. The third-order valence-corrected chi connectivity index (χ3v) is 3.61. The molecule has 1 amide bonds. The number of hydrogen-bond donors (Lipinski definition) is 1. The molecule has 0 spiro atoms. The van der Waals surface area contributed by atoms with Crippen LogP contribution in [-0.2, 0) is 4.79 Å². The number of anilines is 2. The monoisotopic (exact) mass is 304 g/mol. The van der Waals surface area contributed by atoms with Crippen LogP contribution in [0.15, 0.2) is 22.6 Å². The third-order valence-electron chi connectivity index (χ3n) is 3.61. The Morgan fingerprint density at radius 1 is 1.41 bits per heavy atom. The van der Waals surface area contributed by atoms with Gasteiger partial charge in [-0.25, -0.2) is 4.39 Å². The fraction of sp³-hybridized carbons (Fsp3) is 0.400. The molecule has 1 aliphatic heterocycles. The Labute approximate surface area is 127 Å². The van der Waals surface area contributed by atoms with Crippen LogP contribution in [-0.4, -0.2) is 22.6 Å². The molecule has 1 saturated heterocycles. The van der Waals surface area contributed by atoms with Crippen LogP contribution in [0.3, 0.4) is 0 Å². The summed E-state index contributed by atoms with van der Waals surface area (Å²) in [5.74, 6) is 0.505. The zero-order chi connectivity index (χ0) is 15.7. The summed E-state index contributed by atoms with van der Waals surface area (Å²) < 4.78 is 19.4. The average molecular weight is 304 g/mol. The van der Waals surface area contributed by atoms with Crippen molar-refractivity contribution >= 4 is 17.3 Å². The van der Waals surface area contributed by atoms with Gasteiger partial charge in [-0.2, -0.15) is 0 Å². The molecule has 1 fully saturated rings. The van der Waals surface area contributed by atoms with Gasteiger partial charge >= 0.3 is 0 Å². The van der Waals surface area contributed by atoms with Crippen molar-refractivity contribution in [2.75, 3.05) is 16.8 Å². The van der Waals surface area contributed by atoms with Crippen LogP contribution in [0.1, 0.15) is 37.6 Å². The first-order valence-corrected chi connectivity index (χ1v) is 7.21. The summed E-state index contributed by atoms with van der Waals surface area (Å²) in [6.07, 6.45) is 1.22. The Bertz CT molecular complexity index is 701. The lowest BCUT2D eigenvalue weighted by molar-refractivity contribution is -0.117. The van der Waals surface area contributed by atoms with Crippen LogP contribution in [0.5, 0.6) is 0 Å². The van der Waals surface area contributed by atoms with Crippen LogP contribution in [0.2, 0.25) is 0 Å². The second kappa shape index (κ2) is 5.75. The summed E-state index contributed by atoms with van der Waals surface area (Å²) in [5.41, 5.74) is 1.00. The molecule has 1 N–H and O–H groups in total.